The lowest BCUT2D eigenvalue weighted by Crippen LogP contribution is -2.25. The molecular weight excluding hydrogens is 262 g/mol. The van der Waals surface area contributed by atoms with Crippen molar-refractivity contribution < 1.29 is 24.1 Å². The molecule has 0 spiro atoms. The highest BCUT2D eigenvalue weighted by Gasteiger charge is 2.30. The molecule has 18 heavy (non-hydrogen) atoms. The molecule has 1 atom stereocenters. The van der Waals surface area contributed by atoms with Crippen molar-refractivity contribution in [1.82, 2.24) is 0 Å². The zero-order valence-electron chi connectivity index (χ0n) is 9.60. The maximum Gasteiger partial charge on any atom is 0.325 e. The van der Waals surface area contributed by atoms with Crippen LogP contribution in [0.5, 0.6) is 17.2 Å². The minimum atomic E-state index is -1.30. The van der Waals surface area contributed by atoms with Crippen LogP contribution in [-0.4, -0.2) is 31.4 Å². The predicted molar refractivity (Wildman–Crippen MR) is 63.6 cm³/mol. The van der Waals surface area contributed by atoms with Crippen LogP contribution in [0.3, 0.4) is 0 Å². The summed E-state index contributed by atoms with van der Waals surface area (Å²) in [5.74, 6) is -0.362. The standard InChI is InChI=1S/C11H12ClNO5/c1-16-9-5(12)4-6-10(18-3-2-17-6)7(9)8(13)11(14)15/h4,8H,2-3,13H2,1H3,(H,14,15). The molecule has 0 fully saturated rings. The second-order valence-corrected chi connectivity index (χ2v) is 4.05. The Morgan fingerprint density at radius 1 is 1.56 bits per heavy atom. The van der Waals surface area contributed by atoms with E-state index in [-0.39, 0.29) is 22.1 Å². The lowest BCUT2D eigenvalue weighted by atomic mass is 10.0. The Balaban J connectivity index is 2.65. The topological polar surface area (TPSA) is 91.0 Å². The van der Waals surface area contributed by atoms with Crippen LogP contribution in [-0.2, 0) is 4.79 Å². The average molecular weight is 274 g/mol. The molecule has 0 radical (unpaired) electrons. The highest BCUT2D eigenvalue weighted by atomic mass is 35.5. The SMILES string of the molecule is COc1c(Cl)cc2c(c1C(N)C(=O)O)OCCO2. The van der Waals surface area contributed by atoms with E-state index in [1.165, 1.54) is 13.2 Å². The molecule has 0 saturated heterocycles. The summed E-state index contributed by atoms with van der Waals surface area (Å²) in [6.07, 6.45) is 0. The number of nitrogens with two attached hydrogens (primary N) is 1. The Labute approximate surface area is 108 Å². The zero-order chi connectivity index (χ0) is 13.3. The van der Waals surface area contributed by atoms with Gasteiger partial charge in [-0.25, -0.2) is 0 Å². The van der Waals surface area contributed by atoms with E-state index < -0.39 is 12.0 Å². The van der Waals surface area contributed by atoms with Gasteiger partial charge in [0.25, 0.3) is 0 Å². The molecule has 0 amide bonds. The van der Waals surface area contributed by atoms with Crippen LogP contribution in [0, 0.1) is 0 Å². The third kappa shape index (κ3) is 2.04. The third-order valence-corrected chi connectivity index (χ3v) is 2.84. The molecule has 1 unspecified atom stereocenters. The Kier molecular flexibility index (Phi) is 3.49. The predicted octanol–water partition coefficient (Wildman–Crippen LogP) is 1.20. The van der Waals surface area contributed by atoms with Gasteiger partial charge in [0.15, 0.2) is 11.5 Å². The van der Waals surface area contributed by atoms with Crippen LogP contribution in [0.2, 0.25) is 5.02 Å². The molecule has 1 aliphatic heterocycles. The molecule has 1 aromatic rings. The molecule has 98 valence electrons. The monoisotopic (exact) mass is 273 g/mol. The molecule has 1 aliphatic rings. The summed E-state index contributed by atoms with van der Waals surface area (Å²) in [6, 6.07) is 0.224. The summed E-state index contributed by atoms with van der Waals surface area (Å²) >= 11 is 6.01. The number of rotatable bonds is 3. The van der Waals surface area contributed by atoms with E-state index in [0.29, 0.717) is 19.0 Å². The number of carboxylic acids is 1. The number of fused-ring (bicyclic) bond motifs is 1. The molecule has 0 saturated carbocycles. The number of halogens is 1. The normalized spacial score (nSPS) is 15.1. The van der Waals surface area contributed by atoms with Crippen molar-refractivity contribution in [2.75, 3.05) is 20.3 Å². The smallest absolute Gasteiger partial charge is 0.325 e. The van der Waals surface area contributed by atoms with E-state index in [4.69, 9.17) is 36.7 Å². The first-order chi connectivity index (χ1) is 8.56. The second kappa shape index (κ2) is 4.91. The number of methoxy groups -OCH3 is 1. The third-order valence-electron chi connectivity index (χ3n) is 2.56. The number of aliphatic carboxylic acids is 1. The van der Waals surface area contributed by atoms with Gasteiger partial charge >= 0.3 is 5.97 Å². The minimum Gasteiger partial charge on any atom is -0.495 e. The summed E-state index contributed by atoms with van der Waals surface area (Å²) < 4.78 is 15.9. The summed E-state index contributed by atoms with van der Waals surface area (Å²) in [5.41, 5.74) is 5.82. The van der Waals surface area contributed by atoms with Gasteiger partial charge in [-0.2, -0.15) is 0 Å². The van der Waals surface area contributed by atoms with E-state index in [9.17, 15) is 4.79 Å². The maximum atomic E-state index is 11.0. The van der Waals surface area contributed by atoms with Gasteiger partial charge in [0, 0.05) is 6.07 Å². The van der Waals surface area contributed by atoms with Crippen LogP contribution in [0.1, 0.15) is 11.6 Å². The summed E-state index contributed by atoms with van der Waals surface area (Å²) in [7, 11) is 1.38. The van der Waals surface area contributed by atoms with Gasteiger partial charge in [0.05, 0.1) is 17.7 Å². The number of ether oxygens (including phenoxy) is 3. The van der Waals surface area contributed by atoms with Gasteiger partial charge in [-0.05, 0) is 0 Å². The molecule has 3 N–H and O–H groups in total. The Hall–Kier alpha value is -1.66. The minimum absolute atomic E-state index is 0.187. The highest BCUT2D eigenvalue weighted by Crippen LogP contribution is 2.46. The van der Waals surface area contributed by atoms with E-state index >= 15 is 0 Å². The largest absolute Gasteiger partial charge is 0.495 e. The maximum absolute atomic E-state index is 11.0. The number of carbonyl (C=O) groups is 1. The molecule has 0 bridgehead atoms. The molecule has 0 aliphatic carbocycles. The number of carboxylic acid groups (broad SMARTS) is 1. The lowest BCUT2D eigenvalue weighted by Gasteiger charge is -2.24. The van der Waals surface area contributed by atoms with Gasteiger partial charge < -0.3 is 25.1 Å². The van der Waals surface area contributed by atoms with Crippen molar-refractivity contribution in [1.29, 1.82) is 0 Å². The van der Waals surface area contributed by atoms with Crippen molar-refractivity contribution in [2.45, 2.75) is 6.04 Å². The van der Waals surface area contributed by atoms with E-state index in [2.05, 4.69) is 0 Å². The summed E-state index contributed by atoms with van der Waals surface area (Å²) in [4.78, 5) is 11.0. The number of hydrogen-bond acceptors (Lipinski definition) is 5. The summed E-state index contributed by atoms with van der Waals surface area (Å²) in [6.45, 7) is 0.689. The van der Waals surface area contributed by atoms with Crippen molar-refractivity contribution in [2.24, 2.45) is 5.73 Å². The molecule has 2 rings (SSSR count). The van der Waals surface area contributed by atoms with Gasteiger partial charge in [0.2, 0.25) is 0 Å². The Bertz CT molecular complexity index is 491. The molecule has 1 aromatic carbocycles. The fourth-order valence-electron chi connectivity index (χ4n) is 1.78. The van der Waals surface area contributed by atoms with Crippen molar-refractivity contribution in [3.63, 3.8) is 0 Å². The summed E-state index contributed by atoms with van der Waals surface area (Å²) in [5, 5.41) is 9.26. The first-order valence-electron chi connectivity index (χ1n) is 5.20. The van der Waals surface area contributed by atoms with E-state index in [0.717, 1.165) is 0 Å². The molecule has 1 heterocycles. The zero-order valence-corrected chi connectivity index (χ0v) is 10.4. The molecule has 0 aromatic heterocycles. The van der Waals surface area contributed by atoms with Crippen molar-refractivity contribution in [3.8, 4) is 17.2 Å². The van der Waals surface area contributed by atoms with Crippen LogP contribution in [0.15, 0.2) is 6.07 Å². The van der Waals surface area contributed by atoms with Crippen LogP contribution in [0.25, 0.3) is 0 Å². The van der Waals surface area contributed by atoms with Gasteiger partial charge in [0.1, 0.15) is 25.0 Å². The highest BCUT2D eigenvalue weighted by molar-refractivity contribution is 6.32. The van der Waals surface area contributed by atoms with Gasteiger partial charge in [-0.1, -0.05) is 11.6 Å². The number of hydrogen-bond donors (Lipinski definition) is 2. The number of benzene rings is 1. The van der Waals surface area contributed by atoms with Gasteiger partial charge in [-0.3, -0.25) is 4.79 Å². The average Bonchev–Trinajstić information content (AvgIpc) is 2.36. The van der Waals surface area contributed by atoms with E-state index in [1.54, 1.807) is 0 Å². The van der Waals surface area contributed by atoms with Crippen molar-refractivity contribution in [3.05, 3.63) is 16.7 Å². The fraction of sp³-hybridized carbons (Fsp3) is 0.364. The van der Waals surface area contributed by atoms with Crippen molar-refractivity contribution >= 4 is 17.6 Å². The van der Waals surface area contributed by atoms with Crippen LogP contribution in [0.4, 0.5) is 0 Å². The van der Waals surface area contributed by atoms with Crippen LogP contribution >= 0.6 is 11.6 Å². The molecule has 6 nitrogen and oxygen atoms in total. The Morgan fingerprint density at radius 2 is 2.22 bits per heavy atom. The fourth-order valence-corrected chi connectivity index (χ4v) is 2.05. The van der Waals surface area contributed by atoms with Crippen LogP contribution < -0.4 is 19.9 Å². The lowest BCUT2D eigenvalue weighted by molar-refractivity contribution is -0.138. The molecular formula is C11H12ClNO5. The van der Waals surface area contributed by atoms with Gasteiger partial charge in [-0.15, -0.1) is 0 Å². The molecule has 7 heteroatoms. The van der Waals surface area contributed by atoms with E-state index in [1.807, 2.05) is 0 Å². The Morgan fingerprint density at radius 3 is 2.83 bits per heavy atom. The second-order valence-electron chi connectivity index (χ2n) is 3.65. The first kappa shape index (κ1) is 12.8. The first-order valence-corrected chi connectivity index (χ1v) is 5.58. The quantitative estimate of drug-likeness (QED) is 0.860.